The van der Waals surface area contributed by atoms with Gasteiger partial charge in [0.2, 0.25) is 11.8 Å². The predicted octanol–water partition coefficient (Wildman–Crippen LogP) is 1.98. The summed E-state index contributed by atoms with van der Waals surface area (Å²) < 4.78 is 0. The van der Waals surface area contributed by atoms with Crippen LogP contribution in [0.25, 0.3) is 0 Å². The Kier molecular flexibility index (Phi) is 5.22. The van der Waals surface area contributed by atoms with E-state index in [2.05, 4.69) is 11.4 Å². The molecule has 1 unspecified atom stereocenters. The summed E-state index contributed by atoms with van der Waals surface area (Å²) in [5.74, 6) is -0.218. The van der Waals surface area contributed by atoms with Crippen molar-refractivity contribution in [2.45, 2.75) is 63.8 Å². The number of rotatable bonds is 2. The SMILES string of the molecule is CNC(=O)C1CCCCN1C(=O)C1(C#N)CCCCCC1. The molecule has 0 aromatic rings. The van der Waals surface area contributed by atoms with Crippen molar-refractivity contribution in [3.05, 3.63) is 0 Å². The van der Waals surface area contributed by atoms with Crippen molar-refractivity contribution in [3.8, 4) is 6.07 Å². The van der Waals surface area contributed by atoms with Crippen LogP contribution < -0.4 is 5.32 Å². The molecule has 2 fully saturated rings. The summed E-state index contributed by atoms with van der Waals surface area (Å²) in [6.07, 6.45) is 7.90. The first kappa shape index (κ1) is 15.8. The van der Waals surface area contributed by atoms with Crippen LogP contribution in [0, 0.1) is 16.7 Å². The Morgan fingerprint density at radius 1 is 1.14 bits per heavy atom. The second-order valence-electron chi connectivity index (χ2n) is 6.23. The van der Waals surface area contributed by atoms with E-state index in [1.807, 2.05) is 0 Å². The van der Waals surface area contributed by atoms with Crippen molar-refractivity contribution in [2.24, 2.45) is 5.41 Å². The Bertz CT molecular complexity index is 433. The fourth-order valence-electron chi connectivity index (χ4n) is 3.59. The zero-order valence-electron chi connectivity index (χ0n) is 12.9. The van der Waals surface area contributed by atoms with Gasteiger partial charge in [-0.3, -0.25) is 9.59 Å². The smallest absolute Gasteiger partial charge is 0.243 e. The molecular formula is C16H25N3O2. The Balaban J connectivity index is 2.22. The van der Waals surface area contributed by atoms with Gasteiger partial charge in [0.05, 0.1) is 6.07 Å². The lowest BCUT2D eigenvalue weighted by Gasteiger charge is -2.39. The number of hydrogen-bond donors (Lipinski definition) is 1. The maximum Gasteiger partial charge on any atom is 0.243 e. The van der Waals surface area contributed by atoms with Crippen molar-refractivity contribution >= 4 is 11.8 Å². The molecular weight excluding hydrogens is 266 g/mol. The third kappa shape index (κ3) is 3.20. The molecule has 2 rings (SSSR count). The third-order valence-electron chi connectivity index (χ3n) is 4.89. The first-order valence-corrected chi connectivity index (χ1v) is 8.08. The van der Waals surface area contributed by atoms with Gasteiger partial charge in [-0.25, -0.2) is 0 Å². The third-order valence-corrected chi connectivity index (χ3v) is 4.89. The van der Waals surface area contributed by atoms with Crippen molar-refractivity contribution < 1.29 is 9.59 Å². The molecule has 0 spiro atoms. The van der Waals surface area contributed by atoms with Gasteiger partial charge in [0.25, 0.3) is 0 Å². The highest BCUT2D eigenvalue weighted by molar-refractivity contribution is 5.91. The molecule has 0 aromatic carbocycles. The fourth-order valence-corrected chi connectivity index (χ4v) is 3.59. The molecule has 0 radical (unpaired) electrons. The average molecular weight is 291 g/mol. The van der Waals surface area contributed by atoms with Gasteiger partial charge in [-0.15, -0.1) is 0 Å². The summed E-state index contributed by atoms with van der Waals surface area (Å²) in [6, 6.07) is 1.91. The molecule has 0 aromatic heterocycles. The number of piperidine rings is 1. The van der Waals surface area contributed by atoms with E-state index in [4.69, 9.17) is 0 Å². The van der Waals surface area contributed by atoms with Crippen LogP contribution in [0.3, 0.4) is 0 Å². The number of carbonyl (C=O) groups is 2. The number of nitrogens with one attached hydrogen (secondary N) is 1. The van der Waals surface area contributed by atoms with E-state index < -0.39 is 11.5 Å². The van der Waals surface area contributed by atoms with Crippen molar-refractivity contribution in [1.29, 1.82) is 5.26 Å². The summed E-state index contributed by atoms with van der Waals surface area (Å²) in [5.41, 5.74) is -0.903. The van der Waals surface area contributed by atoms with Gasteiger partial charge in [-0.2, -0.15) is 5.26 Å². The summed E-state index contributed by atoms with van der Waals surface area (Å²) in [4.78, 5) is 26.7. The molecule has 1 aliphatic carbocycles. The van der Waals surface area contributed by atoms with Gasteiger partial charge in [0.1, 0.15) is 11.5 Å². The first-order valence-electron chi connectivity index (χ1n) is 8.08. The van der Waals surface area contributed by atoms with Crippen LogP contribution in [0.4, 0.5) is 0 Å². The molecule has 1 aliphatic heterocycles. The summed E-state index contributed by atoms with van der Waals surface area (Å²) in [7, 11) is 1.60. The standard InChI is InChI=1S/C16H25N3O2/c1-18-14(20)13-8-4-7-11-19(13)15(21)16(12-17)9-5-2-3-6-10-16/h13H,2-11H2,1H3,(H,18,20). The van der Waals surface area contributed by atoms with Crippen LogP contribution in [0.15, 0.2) is 0 Å². The molecule has 5 heteroatoms. The second kappa shape index (κ2) is 6.93. The van der Waals surface area contributed by atoms with Crippen molar-refractivity contribution in [2.75, 3.05) is 13.6 Å². The van der Waals surface area contributed by atoms with Gasteiger partial charge in [0.15, 0.2) is 0 Å². The number of amides is 2. The molecule has 1 saturated carbocycles. The number of carbonyl (C=O) groups excluding carboxylic acids is 2. The minimum atomic E-state index is -0.903. The van der Waals surface area contributed by atoms with Crippen molar-refractivity contribution in [3.63, 3.8) is 0 Å². The number of likely N-dealkylation sites (N-methyl/N-ethyl adjacent to an activating group) is 1. The van der Waals surface area contributed by atoms with E-state index in [0.29, 0.717) is 25.8 Å². The van der Waals surface area contributed by atoms with Crippen molar-refractivity contribution in [1.82, 2.24) is 10.2 Å². The largest absolute Gasteiger partial charge is 0.357 e. The molecule has 1 saturated heterocycles. The van der Waals surface area contributed by atoms with E-state index in [1.165, 1.54) is 0 Å². The van der Waals surface area contributed by atoms with E-state index >= 15 is 0 Å². The van der Waals surface area contributed by atoms with E-state index in [9.17, 15) is 14.9 Å². The first-order chi connectivity index (χ1) is 10.1. The second-order valence-corrected chi connectivity index (χ2v) is 6.23. The normalized spacial score (nSPS) is 25.5. The van der Waals surface area contributed by atoms with Crippen LogP contribution >= 0.6 is 0 Å². The molecule has 116 valence electrons. The molecule has 1 heterocycles. The van der Waals surface area contributed by atoms with Gasteiger partial charge in [0, 0.05) is 13.6 Å². The number of nitrogens with zero attached hydrogens (tertiary/aromatic N) is 2. The fraction of sp³-hybridized carbons (Fsp3) is 0.812. The van der Waals surface area contributed by atoms with Gasteiger partial charge < -0.3 is 10.2 Å². The Morgan fingerprint density at radius 3 is 2.38 bits per heavy atom. The summed E-state index contributed by atoms with van der Waals surface area (Å²) in [5, 5.41) is 12.3. The Morgan fingerprint density at radius 2 is 1.81 bits per heavy atom. The van der Waals surface area contributed by atoms with E-state index in [1.54, 1.807) is 11.9 Å². The molecule has 1 atom stereocenters. The number of nitriles is 1. The maximum atomic E-state index is 13.0. The van der Waals surface area contributed by atoms with Crippen LogP contribution in [-0.4, -0.2) is 36.3 Å². The Labute approximate surface area is 126 Å². The zero-order chi connectivity index (χ0) is 15.3. The summed E-state index contributed by atoms with van der Waals surface area (Å²) >= 11 is 0. The highest BCUT2D eigenvalue weighted by Gasteiger charge is 2.45. The molecule has 5 nitrogen and oxygen atoms in total. The average Bonchev–Trinajstić information content (AvgIpc) is 2.80. The zero-order valence-corrected chi connectivity index (χ0v) is 12.9. The van der Waals surface area contributed by atoms with Crippen LogP contribution in [0.1, 0.15) is 57.8 Å². The highest BCUT2D eigenvalue weighted by atomic mass is 16.2. The van der Waals surface area contributed by atoms with Gasteiger partial charge in [-0.1, -0.05) is 25.7 Å². The number of hydrogen-bond acceptors (Lipinski definition) is 3. The minimum Gasteiger partial charge on any atom is -0.357 e. The molecule has 0 bridgehead atoms. The molecule has 2 amide bonds. The van der Waals surface area contributed by atoms with Crippen LogP contribution in [-0.2, 0) is 9.59 Å². The van der Waals surface area contributed by atoms with E-state index in [-0.39, 0.29) is 11.8 Å². The lowest BCUT2D eigenvalue weighted by atomic mass is 9.79. The Hall–Kier alpha value is -1.57. The highest BCUT2D eigenvalue weighted by Crippen LogP contribution is 2.37. The quantitative estimate of drug-likeness (QED) is 0.791. The topological polar surface area (TPSA) is 73.2 Å². The molecule has 1 N–H and O–H groups in total. The molecule has 2 aliphatic rings. The minimum absolute atomic E-state index is 0.107. The number of likely N-dealkylation sites (tertiary alicyclic amines) is 1. The van der Waals surface area contributed by atoms with Gasteiger partial charge in [-0.05, 0) is 32.1 Å². The lowest BCUT2D eigenvalue weighted by Crippen LogP contribution is -2.55. The predicted molar refractivity (Wildman–Crippen MR) is 79.2 cm³/mol. The van der Waals surface area contributed by atoms with Crippen LogP contribution in [0.2, 0.25) is 0 Å². The summed E-state index contributed by atoms with van der Waals surface area (Å²) in [6.45, 7) is 0.598. The molecule has 21 heavy (non-hydrogen) atoms. The van der Waals surface area contributed by atoms with E-state index in [0.717, 1.165) is 38.5 Å². The van der Waals surface area contributed by atoms with Gasteiger partial charge >= 0.3 is 0 Å². The monoisotopic (exact) mass is 291 g/mol. The lowest BCUT2D eigenvalue weighted by molar-refractivity contribution is -0.148. The van der Waals surface area contributed by atoms with Crippen LogP contribution in [0.5, 0.6) is 0 Å². The maximum absolute atomic E-state index is 13.0.